The highest BCUT2D eigenvalue weighted by atomic mass is 16.5. The number of carbonyl (C=O) groups is 2. The van der Waals surface area contributed by atoms with E-state index in [-0.39, 0.29) is 17.9 Å². The molecule has 8 heteroatoms. The molecule has 0 spiro atoms. The van der Waals surface area contributed by atoms with E-state index in [2.05, 4.69) is 20.8 Å². The largest absolute Gasteiger partial charge is 0.364 e. The molecule has 156 valence electrons. The second-order valence-corrected chi connectivity index (χ2v) is 7.73. The molecule has 0 unspecified atom stereocenters. The van der Waals surface area contributed by atoms with Crippen LogP contribution >= 0.6 is 0 Å². The van der Waals surface area contributed by atoms with E-state index in [0.717, 1.165) is 35.2 Å². The number of rotatable bonds is 5. The van der Waals surface area contributed by atoms with Crippen molar-refractivity contribution in [3.05, 3.63) is 88.7 Å². The van der Waals surface area contributed by atoms with Crippen LogP contribution in [-0.2, 0) is 13.0 Å². The van der Waals surface area contributed by atoms with Gasteiger partial charge in [0.2, 0.25) is 0 Å². The summed E-state index contributed by atoms with van der Waals surface area (Å²) in [6, 6.07) is 11.1. The molecule has 0 radical (unpaired) electrons. The number of imidazole rings is 1. The maximum Gasteiger partial charge on any atom is 0.270 e. The minimum atomic E-state index is -0.167. The van der Waals surface area contributed by atoms with Gasteiger partial charge in [0.25, 0.3) is 11.8 Å². The molecule has 0 saturated carbocycles. The Morgan fingerprint density at radius 1 is 1.19 bits per heavy atom. The van der Waals surface area contributed by atoms with E-state index in [9.17, 15) is 9.59 Å². The van der Waals surface area contributed by atoms with Gasteiger partial charge in [-0.05, 0) is 54.7 Å². The maximum atomic E-state index is 12.9. The Bertz CT molecular complexity index is 1280. The van der Waals surface area contributed by atoms with Crippen molar-refractivity contribution in [1.82, 2.24) is 25.2 Å². The van der Waals surface area contributed by atoms with Crippen molar-refractivity contribution in [3.63, 3.8) is 0 Å². The van der Waals surface area contributed by atoms with Crippen LogP contribution in [0.5, 0.6) is 0 Å². The minimum absolute atomic E-state index is 0.0925. The van der Waals surface area contributed by atoms with Crippen LogP contribution in [-0.4, -0.2) is 26.4 Å². The summed E-state index contributed by atoms with van der Waals surface area (Å²) in [5, 5.41) is 9.74. The molecule has 1 aliphatic carbocycles. The zero-order valence-corrected chi connectivity index (χ0v) is 17.0. The summed E-state index contributed by atoms with van der Waals surface area (Å²) >= 11 is 0. The normalized spacial score (nSPS) is 15.1. The summed E-state index contributed by atoms with van der Waals surface area (Å²) < 4.78 is 6.58. The first-order valence-electron chi connectivity index (χ1n) is 10.1. The summed E-state index contributed by atoms with van der Waals surface area (Å²) in [6.07, 6.45) is 6.57. The molecule has 1 aromatic carbocycles. The van der Waals surface area contributed by atoms with E-state index in [0.29, 0.717) is 23.5 Å². The number of fused-ring (bicyclic) bond motifs is 2. The number of carbonyl (C=O) groups excluding carboxylic acids is 2. The summed E-state index contributed by atoms with van der Waals surface area (Å²) in [7, 11) is 0. The number of hydrogen-bond acceptors (Lipinski definition) is 5. The Balaban J connectivity index is 1.29. The molecule has 0 bridgehead atoms. The number of hydrogen-bond donors (Lipinski definition) is 2. The average Bonchev–Trinajstić information content (AvgIpc) is 3.51. The molecule has 0 fully saturated rings. The van der Waals surface area contributed by atoms with Gasteiger partial charge in [0.1, 0.15) is 23.3 Å². The fourth-order valence-electron chi connectivity index (χ4n) is 4.00. The molecule has 3 heterocycles. The zero-order valence-electron chi connectivity index (χ0n) is 17.0. The highest BCUT2D eigenvalue weighted by Crippen LogP contribution is 2.32. The van der Waals surface area contributed by atoms with Gasteiger partial charge in [-0.3, -0.25) is 14.0 Å². The number of nitrogens with one attached hydrogen (secondary N) is 2. The number of benzene rings is 1. The number of amides is 2. The number of nitrogens with zero attached hydrogens (tertiary/aromatic N) is 3. The highest BCUT2D eigenvalue weighted by molar-refractivity contribution is 5.95. The third-order valence-electron chi connectivity index (χ3n) is 5.60. The Kier molecular flexibility index (Phi) is 4.74. The smallest absolute Gasteiger partial charge is 0.270 e. The van der Waals surface area contributed by atoms with Crippen LogP contribution in [0.25, 0.3) is 5.65 Å². The Morgan fingerprint density at radius 2 is 2.10 bits per heavy atom. The summed E-state index contributed by atoms with van der Waals surface area (Å²) in [5.41, 5.74) is 5.69. The first-order valence-corrected chi connectivity index (χ1v) is 10.1. The van der Waals surface area contributed by atoms with Crippen LogP contribution in [0.15, 0.2) is 59.6 Å². The second-order valence-electron chi connectivity index (χ2n) is 7.73. The van der Waals surface area contributed by atoms with Crippen LogP contribution in [0.2, 0.25) is 0 Å². The molecular formula is C23H21N5O3. The predicted molar refractivity (Wildman–Crippen MR) is 113 cm³/mol. The van der Waals surface area contributed by atoms with Gasteiger partial charge in [-0.2, -0.15) is 0 Å². The topological polar surface area (TPSA) is 102 Å². The second kappa shape index (κ2) is 7.71. The van der Waals surface area contributed by atoms with Gasteiger partial charge in [-0.15, -0.1) is 0 Å². The van der Waals surface area contributed by atoms with Crippen molar-refractivity contribution < 1.29 is 14.1 Å². The lowest BCUT2D eigenvalue weighted by Crippen LogP contribution is -2.28. The Hall–Kier alpha value is -3.94. The van der Waals surface area contributed by atoms with Crippen molar-refractivity contribution in [2.45, 2.75) is 32.4 Å². The maximum absolute atomic E-state index is 12.9. The van der Waals surface area contributed by atoms with E-state index in [1.54, 1.807) is 18.3 Å². The van der Waals surface area contributed by atoms with E-state index >= 15 is 0 Å². The van der Waals surface area contributed by atoms with Crippen LogP contribution in [0, 0.1) is 6.92 Å². The molecule has 3 aromatic heterocycles. The number of aromatic nitrogens is 3. The average molecular weight is 415 g/mol. The van der Waals surface area contributed by atoms with Crippen LogP contribution in [0.1, 0.15) is 55.7 Å². The SMILES string of the molecule is Cc1ccc2ncc(C(=O)N[C@@H]3CCc4cc(C(=O)NCc5ccon5)ccc43)n2c1. The summed E-state index contributed by atoms with van der Waals surface area (Å²) in [4.78, 5) is 29.7. The Labute approximate surface area is 178 Å². The highest BCUT2D eigenvalue weighted by Gasteiger charge is 2.26. The molecule has 2 N–H and O–H groups in total. The Morgan fingerprint density at radius 3 is 2.94 bits per heavy atom. The van der Waals surface area contributed by atoms with E-state index < -0.39 is 0 Å². The van der Waals surface area contributed by atoms with Crippen LogP contribution in [0.3, 0.4) is 0 Å². The van der Waals surface area contributed by atoms with E-state index in [1.165, 1.54) is 6.26 Å². The van der Waals surface area contributed by atoms with Gasteiger partial charge in [-0.25, -0.2) is 4.98 Å². The monoisotopic (exact) mass is 415 g/mol. The fourth-order valence-corrected chi connectivity index (χ4v) is 4.00. The lowest BCUT2D eigenvalue weighted by molar-refractivity contribution is 0.0927. The third kappa shape index (κ3) is 3.68. The van der Waals surface area contributed by atoms with Crippen molar-refractivity contribution >= 4 is 17.5 Å². The van der Waals surface area contributed by atoms with Crippen molar-refractivity contribution in [2.24, 2.45) is 0 Å². The summed E-state index contributed by atoms with van der Waals surface area (Å²) in [6.45, 7) is 2.29. The first kappa shape index (κ1) is 19.0. The molecule has 4 aromatic rings. The molecule has 8 nitrogen and oxygen atoms in total. The van der Waals surface area contributed by atoms with Gasteiger partial charge < -0.3 is 15.2 Å². The molecule has 1 atom stereocenters. The molecule has 0 aliphatic heterocycles. The molecular weight excluding hydrogens is 394 g/mol. The number of pyridine rings is 1. The van der Waals surface area contributed by atoms with E-state index in [4.69, 9.17) is 4.52 Å². The van der Waals surface area contributed by atoms with Crippen molar-refractivity contribution in [1.29, 1.82) is 0 Å². The van der Waals surface area contributed by atoms with Gasteiger partial charge >= 0.3 is 0 Å². The minimum Gasteiger partial charge on any atom is -0.364 e. The zero-order chi connectivity index (χ0) is 21.4. The van der Waals surface area contributed by atoms with Gasteiger partial charge in [-0.1, -0.05) is 17.3 Å². The lowest BCUT2D eigenvalue weighted by atomic mass is 10.0. The molecule has 1 aliphatic rings. The van der Waals surface area contributed by atoms with Gasteiger partial charge in [0.15, 0.2) is 0 Å². The van der Waals surface area contributed by atoms with Crippen molar-refractivity contribution in [2.75, 3.05) is 0 Å². The quantitative estimate of drug-likeness (QED) is 0.522. The first-order chi connectivity index (χ1) is 15.1. The lowest BCUT2D eigenvalue weighted by Gasteiger charge is -2.14. The molecule has 0 saturated heterocycles. The standard InChI is InChI=1S/C23H21N5O3/c1-14-2-7-21-24-12-20(28(21)13-14)23(30)26-19-6-4-15-10-16(3-5-18(15)19)22(29)25-11-17-8-9-31-27-17/h2-3,5,7-10,12-13,19H,4,6,11H2,1H3,(H,25,29)(H,26,30)/t19-/m1/s1. The summed E-state index contributed by atoms with van der Waals surface area (Å²) in [5.74, 6) is -0.329. The van der Waals surface area contributed by atoms with Crippen LogP contribution in [0.4, 0.5) is 0 Å². The third-order valence-corrected chi connectivity index (χ3v) is 5.60. The van der Waals surface area contributed by atoms with Gasteiger partial charge in [0, 0.05) is 17.8 Å². The van der Waals surface area contributed by atoms with Crippen LogP contribution < -0.4 is 10.6 Å². The predicted octanol–water partition coefficient (Wildman–Crippen LogP) is 2.98. The number of aryl methyl sites for hydroxylation is 2. The van der Waals surface area contributed by atoms with Crippen molar-refractivity contribution in [3.8, 4) is 0 Å². The molecule has 5 rings (SSSR count). The van der Waals surface area contributed by atoms with E-state index in [1.807, 2.05) is 41.8 Å². The fraction of sp³-hybridized carbons (Fsp3) is 0.217. The van der Waals surface area contributed by atoms with Gasteiger partial charge in [0.05, 0.1) is 18.8 Å². The molecule has 2 amide bonds. The molecule has 31 heavy (non-hydrogen) atoms.